The van der Waals surface area contributed by atoms with Crippen LogP contribution < -0.4 is 0 Å². The van der Waals surface area contributed by atoms with E-state index in [1.807, 2.05) is 24.4 Å². The average Bonchev–Trinajstić information content (AvgIpc) is 3.15. The molecule has 3 aromatic rings. The first-order chi connectivity index (χ1) is 11.8. The fourth-order valence-corrected chi connectivity index (χ4v) is 3.15. The molecule has 0 fully saturated rings. The Hall–Kier alpha value is -2.27. The molecule has 0 aliphatic rings. The zero-order valence-corrected chi connectivity index (χ0v) is 14.6. The van der Waals surface area contributed by atoms with Crippen molar-refractivity contribution in [3.63, 3.8) is 0 Å². The Kier molecular flexibility index (Phi) is 4.86. The Morgan fingerprint density at radius 3 is 2.84 bits per heavy atom. The maximum Gasteiger partial charge on any atom is 0.398 e. The lowest BCUT2D eigenvalue weighted by Gasteiger charge is -2.22. The second-order valence-corrected chi connectivity index (χ2v) is 6.98. The van der Waals surface area contributed by atoms with Crippen molar-refractivity contribution in [1.82, 2.24) is 24.6 Å². The standard InChI is InChI=1S/C15H19N5O4S/c1-19(2)15(24-25(21,22)23)6-12-7-17-14-4-3-11(5-13(12)14)8-20-10-16-9-18-20/h3-5,7,9-10,15,17H,6,8H2,1-2H3,(H,21,22,23). The van der Waals surface area contributed by atoms with Crippen LogP contribution >= 0.6 is 0 Å². The van der Waals surface area contributed by atoms with Crippen molar-refractivity contribution >= 4 is 21.3 Å². The molecule has 0 bridgehead atoms. The predicted octanol–water partition coefficient (Wildman–Crippen LogP) is 1.06. The average molecular weight is 365 g/mol. The minimum Gasteiger partial charge on any atom is -0.361 e. The van der Waals surface area contributed by atoms with Gasteiger partial charge in [0.15, 0.2) is 0 Å². The second-order valence-electron chi connectivity index (χ2n) is 5.93. The van der Waals surface area contributed by atoms with E-state index in [-0.39, 0.29) is 0 Å². The summed E-state index contributed by atoms with van der Waals surface area (Å²) in [5, 5.41) is 5.05. The molecule has 0 spiro atoms. The highest BCUT2D eigenvalue weighted by molar-refractivity contribution is 7.80. The normalized spacial score (nSPS) is 13.6. The predicted molar refractivity (Wildman–Crippen MR) is 91.2 cm³/mol. The van der Waals surface area contributed by atoms with Gasteiger partial charge in [0.1, 0.15) is 18.9 Å². The molecular weight excluding hydrogens is 346 g/mol. The van der Waals surface area contributed by atoms with Crippen molar-refractivity contribution in [3.05, 3.63) is 48.2 Å². The van der Waals surface area contributed by atoms with Crippen LogP contribution in [-0.2, 0) is 27.5 Å². The molecule has 10 heteroatoms. The van der Waals surface area contributed by atoms with Crippen LogP contribution in [0.25, 0.3) is 10.9 Å². The van der Waals surface area contributed by atoms with Gasteiger partial charge in [-0.1, -0.05) is 6.07 Å². The van der Waals surface area contributed by atoms with Gasteiger partial charge >= 0.3 is 10.4 Å². The topological polar surface area (TPSA) is 113 Å². The third-order valence-electron chi connectivity index (χ3n) is 3.85. The summed E-state index contributed by atoms with van der Waals surface area (Å²) in [4.78, 5) is 8.67. The van der Waals surface area contributed by atoms with E-state index in [0.717, 1.165) is 22.0 Å². The highest BCUT2D eigenvalue weighted by Gasteiger charge is 2.21. The Morgan fingerprint density at radius 1 is 1.40 bits per heavy atom. The molecule has 0 aliphatic carbocycles. The summed E-state index contributed by atoms with van der Waals surface area (Å²) in [7, 11) is -1.17. The number of H-pyrrole nitrogens is 1. The van der Waals surface area contributed by atoms with Gasteiger partial charge in [0.05, 0.1) is 6.54 Å². The van der Waals surface area contributed by atoms with E-state index in [9.17, 15) is 8.42 Å². The Labute approximate surface area is 145 Å². The summed E-state index contributed by atoms with van der Waals surface area (Å²) in [6, 6.07) is 5.96. The van der Waals surface area contributed by atoms with Gasteiger partial charge in [-0.3, -0.25) is 9.45 Å². The molecule has 0 aliphatic heterocycles. The van der Waals surface area contributed by atoms with Gasteiger partial charge in [0.2, 0.25) is 0 Å². The fourth-order valence-electron chi connectivity index (χ4n) is 2.63. The fraction of sp³-hybridized carbons (Fsp3) is 0.333. The summed E-state index contributed by atoms with van der Waals surface area (Å²) in [6.45, 7) is 0.583. The highest BCUT2D eigenvalue weighted by Crippen LogP contribution is 2.23. The molecule has 0 amide bonds. The first-order valence-electron chi connectivity index (χ1n) is 7.55. The molecule has 0 saturated heterocycles. The molecule has 134 valence electrons. The molecule has 2 heterocycles. The van der Waals surface area contributed by atoms with Crippen molar-refractivity contribution in [1.29, 1.82) is 0 Å². The van der Waals surface area contributed by atoms with Gasteiger partial charge in [-0.05, 0) is 37.4 Å². The van der Waals surface area contributed by atoms with Crippen molar-refractivity contribution < 1.29 is 17.2 Å². The lowest BCUT2D eigenvalue weighted by molar-refractivity contribution is 0.0595. The monoisotopic (exact) mass is 365 g/mol. The number of nitrogens with one attached hydrogen (secondary N) is 1. The van der Waals surface area contributed by atoms with E-state index in [1.165, 1.54) is 6.33 Å². The highest BCUT2D eigenvalue weighted by atomic mass is 32.3. The van der Waals surface area contributed by atoms with Crippen LogP contribution in [-0.4, -0.2) is 57.9 Å². The number of aromatic nitrogens is 4. The second kappa shape index (κ2) is 6.92. The van der Waals surface area contributed by atoms with Crippen LogP contribution in [0.1, 0.15) is 11.1 Å². The lowest BCUT2D eigenvalue weighted by atomic mass is 10.1. The number of hydrogen-bond acceptors (Lipinski definition) is 6. The molecule has 25 heavy (non-hydrogen) atoms. The third-order valence-corrected chi connectivity index (χ3v) is 4.31. The van der Waals surface area contributed by atoms with Crippen LogP contribution in [0, 0.1) is 0 Å². The molecule has 1 unspecified atom stereocenters. The zero-order chi connectivity index (χ0) is 18.0. The SMILES string of the molecule is CN(C)C(Cc1c[nH]c2ccc(Cn3cncn3)cc12)OS(=O)(=O)O. The maximum absolute atomic E-state index is 11.1. The van der Waals surface area contributed by atoms with Crippen molar-refractivity contribution in [2.75, 3.05) is 14.1 Å². The molecule has 0 saturated carbocycles. The number of fused-ring (bicyclic) bond motifs is 1. The smallest absolute Gasteiger partial charge is 0.361 e. The molecule has 1 aromatic carbocycles. The largest absolute Gasteiger partial charge is 0.398 e. The lowest BCUT2D eigenvalue weighted by Crippen LogP contribution is -2.34. The number of benzene rings is 1. The number of hydrogen-bond donors (Lipinski definition) is 2. The van der Waals surface area contributed by atoms with Crippen LogP contribution in [0.5, 0.6) is 0 Å². The van der Waals surface area contributed by atoms with Crippen molar-refractivity contribution in [2.24, 2.45) is 0 Å². The number of likely N-dealkylation sites (N-methyl/N-ethyl adjacent to an activating group) is 1. The van der Waals surface area contributed by atoms with Gasteiger partial charge in [0, 0.05) is 23.5 Å². The summed E-state index contributed by atoms with van der Waals surface area (Å²) >= 11 is 0. The summed E-state index contributed by atoms with van der Waals surface area (Å²) in [6.07, 6.45) is 4.42. The minimum atomic E-state index is -4.54. The molecule has 2 aromatic heterocycles. The zero-order valence-electron chi connectivity index (χ0n) is 13.8. The van der Waals surface area contributed by atoms with E-state index >= 15 is 0 Å². The van der Waals surface area contributed by atoms with E-state index in [4.69, 9.17) is 8.74 Å². The van der Waals surface area contributed by atoms with Gasteiger partial charge in [-0.25, -0.2) is 13.8 Å². The van der Waals surface area contributed by atoms with E-state index in [2.05, 4.69) is 15.1 Å². The molecule has 3 rings (SSSR count). The molecule has 2 N–H and O–H groups in total. The van der Waals surface area contributed by atoms with Crippen LogP contribution in [0.15, 0.2) is 37.1 Å². The van der Waals surface area contributed by atoms with Crippen LogP contribution in [0.3, 0.4) is 0 Å². The quantitative estimate of drug-likeness (QED) is 0.475. The minimum absolute atomic E-state index is 0.291. The van der Waals surface area contributed by atoms with E-state index in [0.29, 0.717) is 13.0 Å². The number of rotatable bonds is 7. The molecule has 1 atom stereocenters. The van der Waals surface area contributed by atoms with Crippen molar-refractivity contribution in [3.8, 4) is 0 Å². The van der Waals surface area contributed by atoms with Gasteiger partial charge in [0.25, 0.3) is 0 Å². The molecule has 0 radical (unpaired) electrons. The van der Waals surface area contributed by atoms with Crippen molar-refractivity contribution in [2.45, 2.75) is 19.2 Å². The number of aromatic amines is 1. The summed E-state index contributed by atoms with van der Waals surface area (Å²) in [5.41, 5.74) is 2.86. The number of nitrogens with zero attached hydrogens (tertiary/aromatic N) is 4. The van der Waals surface area contributed by atoms with Gasteiger partial charge in [-0.15, -0.1) is 0 Å². The van der Waals surface area contributed by atoms with Crippen LogP contribution in [0.4, 0.5) is 0 Å². The van der Waals surface area contributed by atoms with Crippen LogP contribution in [0.2, 0.25) is 0 Å². The maximum atomic E-state index is 11.1. The first kappa shape index (κ1) is 17.5. The summed E-state index contributed by atoms with van der Waals surface area (Å²) < 4.78 is 37.5. The molecular formula is C15H19N5O4S. The van der Waals surface area contributed by atoms with Gasteiger partial charge in [-0.2, -0.15) is 13.5 Å². The Bertz CT molecular complexity index is 950. The Morgan fingerprint density at radius 2 is 2.20 bits per heavy atom. The Balaban J connectivity index is 1.87. The summed E-state index contributed by atoms with van der Waals surface area (Å²) in [5.74, 6) is 0. The first-order valence-corrected chi connectivity index (χ1v) is 8.92. The van der Waals surface area contributed by atoms with E-state index in [1.54, 1.807) is 30.0 Å². The third kappa shape index (κ3) is 4.42. The van der Waals surface area contributed by atoms with Gasteiger partial charge < -0.3 is 4.98 Å². The molecule has 9 nitrogen and oxygen atoms in total. The van der Waals surface area contributed by atoms with E-state index < -0.39 is 16.6 Å².